The number of thioether (sulfide) groups is 1. The number of benzene rings is 2. The van der Waals surface area contributed by atoms with Gasteiger partial charge < -0.3 is 15.2 Å². The fourth-order valence-corrected chi connectivity index (χ4v) is 4.07. The van der Waals surface area contributed by atoms with Gasteiger partial charge in [-0.05, 0) is 73.0 Å². The van der Waals surface area contributed by atoms with Crippen molar-refractivity contribution in [2.45, 2.75) is 20.3 Å². The third kappa shape index (κ3) is 5.03. The summed E-state index contributed by atoms with van der Waals surface area (Å²) in [6, 6.07) is 8.93. The van der Waals surface area contributed by atoms with Crippen molar-refractivity contribution in [2.24, 2.45) is 0 Å². The zero-order valence-corrected chi connectivity index (χ0v) is 18.9. The number of aromatic hydroxyl groups is 1. The van der Waals surface area contributed by atoms with E-state index < -0.39 is 17.1 Å². The molecule has 0 aromatic heterocycles. The van der Waals surface area contributed by atoms with Crippen molar-refractivity contribution < 1.29 is 24.2 Å². The molecule has 2 N–H and O–H groups in total. The zero-order chi connectivity index (χ0) is 23.4. The lowest BCUT2D eigenvalue weighted by atomic mass is 10.1. The molecule has 1 saturated heterocycles. The number of allylic oxidation sites excluding steroid dienone is 1. The van der Waals surface area contributed by atoms with Crippen LogP contribution >= 0.6 is 11.8 Å². The van der Waals surface area contributed by atoms with Crippen LogP contribution in [-0.2, 0) is 16.0 Å². The van der Waals surface area contributed by atoms with E-state index in [1.165, 1.54) is 7.11 Å². The number of imide groups is 1. The van der Waals surface area contributed by atoms with Gasteiger partial charge in [0.1, 0.15) is 6.54 Å². The molecule has 3 amide bonds. The number of hydrogen-bond acceptors (Lipinski definition) is 6. The maximum absolute atomic E-state index is 12.8. The number of nitrogens with zero attached hydrogens (tertiary/aromatic N) is 1. The Hall–Kier alpha value is -3.52. The van der Waals surface area contributed by atoms with Crippen LogP contribution in [0.25, 0.3) is 6.08 Å². The van der Waals surface area contributed by atoms with Gasteiger partial charge in [-0.1, -0.05) is 18.2 Å². The van der Waals surface area contributed by atoms with Crippen molar-refractivity contribution in [1.29, 1.82) is 0 Å². The van der Waals surface area contributed by atoms with E-state index >= 15 is 0 Å². The number of methoxy groups -OCH3 is 1. The summed E-state index contributed by atoms with van der Waals surface area (Å²) in [5, 5.41) is 12.5. The monoisotopic (exact) mass is 452 g/mol. The highest BCUT2D eigenvalue weighted by molar-refractivity contribution is 8.18. The Bertz CT molecular complexity index is 1140. The first-order chi connectivity index (χ1) is 15.2. The number of phenols is 1. The molecule has 0 bridgehead atoms. The minimum atomic E-state index is -0.548. The molecule has 1 aliphatic rings. The number of rotatable bonds is 7. The molecule has 7 nitrogen and oxygen atoms in total. The highest BCUT2D eigenvalue weighted by Gasteiger charge is 2.36. The van der Waals surface area contributed by atoms with Gasteiger partial charge in [-0.3, -0.25) is 19.3 Å². The van der Waals surface area contributed by atoms with Crippen LogP contribution in [0.3, 0.4) is 0 Å². The van der Waals surface area contributed by atoms with Crippen LogP contribution in [0, 0.1) is 13.8 Å². The summed E-state index contributed by atoms with van der Waals surface area (Å²) < 4.78 is 5.20. The first-order valence-electron chi connectivity index (χ1n) is 9.86. The second-order valence-electron chi connectivity index (χ2n) is 7.36. The van der Waals surface area contributed by atoms with E-state index in [0.29, 0.717) is 23.2 Å². The summed E-state index contributed by atoms with van der Waals surface area (Å²) in [6.45, 7) is 7.07. The Morgan fingerprint density at radius 1 is 1.25 bits per heavy atom. The van der Waals surface area contributed by atoms with E-state index in [4.69, 9.17) is 4.74 Å². The molecule has 0 spiro atoms. The van der Waals surface area contributed by atoms with Crippen LogP contribution in [0.15, 0.2) is 47.9 Å². The summed E-state index contributed by atoms with van der Waals surface area (Å²) in [6.07, 6.45) is 3.59. The third-order valence-corrected chi connectivity index (χ3v) is 5.81. The molecule has 3 rings (SSSR count). The van der Waals surface area contributed by atoms with E-state index in [-0.39, 0.29) is 22.9 Å². The van der Waals surface area contributed by atoms with Crippen LogP contribution in [-0.4, -0.2) is 40.7 Å². The van der Waals surface area contributed by atoms with Crippen LogP contribution in [0.5, 0.6) is 11.5 Å². The highest BCUT2D eigenvalue weighted by atomic mass is 32.2. The van der Waals surface area contributed by atoms with Gasteiger partial charge in [0.25, 0.3) is 11.1 Å². The second kappa shape index (κ2) is 9.74. The van der Waals surface area contributed by atoms with E-state index in [0.717, 1.165) is 27.8 Å². The Labute approximate surface area is 190 Å². The molecule has 0 aliphatic carbocycles. The Morgan fingerprint density at radius 2 is 2.00 bits per heavy atom. The number of nitrogens with one attached hydrogen (secondary N) is 1. The molecule has 0 saturated carbocycles. The van der Waals surface area contributed by atoms with Gasteiger partial charge in [0.05, 0.1) is 12.0 Å². The maximum atomic E-state index is 12.8. The standard InChI is InChI=1S/C24H24N2O5S/c1-5-6-17-10-16(11-19(31-4)22(17)28)12-20-23(29)26(24(30)32-20)13-21(27)25-18-9-14(2)7-8-15(18)3/h5,7-12,28H,1,6,13H2,2-4H3,(H,25,27)/b20-12-. The average molecular weight is 453 g/mol. The Kier molecular flexibility index (Phi) is 7.05. The molecule has 0 unspecified atom stereocenters. The van der Waals surface area contributed by atoms with Crippen molar-refractivity contribution >= 4 is 40.6 Å². The number of aryl methyl sites for hydroxylation is 2. The molecule has 1 heterocycles. The van der Waals surface area contributed by atoms with Crippen LogP contribution in [0.1, 0.15) is 22.3 Å². The summed E-state index contributed by atoms with van der Waals surface area (Å²) in [5.74, 6) is -0.751. The summed E-state index contributed by atoms with van der Waals surface area (Å²) in [5.41, 5.74) is 3.68. The number of anilines is 1. The average Bonchev–Trinajstić information content (AvgIpc) is 3.00. The quantitative estimate of drug-likeness (QED) is 0.477. The molecule has 2 aromatic rings. The summed E-state index contributed by atoms with van der Waals surface area (Å²) in [4.78, 5) is 38.8. The van der Waals surface area contributed by atoms with Crippen molar-refractivity contribution in [3.05, 3.63) is 70.1 Å². The summed E-state index contributed by atoms with van der Waals surface area (Å²) >= 11 is 0.762. The topological polar surface area (TPSA) is 95.9 Å². The van der Waals surface area contributed by atoms with E-state index in [9.17, 15) is 19.5 Å². The normalized spacial score (nSPS) is 14.7. The molecule has 32 heavy (non-hydrogen) atoms. The van der Waals surface area contributed by atoms with Crippen molar-refractivity contribution in [1.82, 2.24) is 4.90 Å². The lowest BCUT2D eigenvalue weighted by Gasteiger charge is -2.14. The lowest BCUT2D eigenvalue weighted by molar-refractivity contribution is -0.127. The van der Waals surface area contributed by atoms with Crippen LogP contribution in [0.2, 0.25) is 0 Å². The fourth-order valence-electron chi connectivity index (χ4n) is 3.23. The molecule has 1 aliphatic heterocycles. The number of carbonyl (C=O) groups is 3. The van der Waals surface area contributed by atoms with Gasteiger partial charge in [0, 0.05) is 11.3 Å². The molecule has 0 radical (unpaired) electrons. The number of carbonyl (C=O) groups excluding carboxylic acids is 3. The Balaban J connectivity index is 1.79. The van der Waals surface area contributed by atoms with Gasteiger partial charge in [0.15, 0.2) is 11.5 Å². The minimum absolute atomic E-state index is 0.000711. The molecule has 8 heteroatoms. The third-order valence-electron chi connectivity index (χ3n) is 4.90. The first-order valence-corrected chi connectivity index (χ1v) is 10.7. The van der Waals surface area contributed by atoms with Gasteiger partial charge in [-0.25, -0.2) is 0 Å². The zero-order valence-electron chi connectivity index (χ0n) is 18.1. The molecule has 2 aromatic carbocycles. The van der Waals surface area contributed by atoms with Gasteiger partial charge in [-0.15, -0.1) is 6.58 Å². The first kappa shape index (κ1) is 23.1. The molecular weight excluding hydrogens is 428 g/mol. The molecule has 166 valence electrons. The molecule has 1 fully saturated rings. The van der Waals surface area contributed by atoms with Crippen LogP contribution in [0.4, 0.5) is 10.5 Å². The van der Waals surface area contributed by atoms with E-state index in [1.54, 1.807) is 24.3 Å². The largest absolute Gasteiger partial charge is 0.504 e. The van der Waals surface area contributed by atoms with E-state index in [2.05, 4.69) is 11.9 Å². The number of amides is 3. The van der Waals surface area contributed by atoms with E-state index in [1.807, 2.05) is 32.0 Å². The lowest BCUT2D eigenvalue weighted by Crippen LogP contribution is -2.36. The highest BCUT2D eigenvalue weighted by Crippen LogP contribution is 2.36. The van der Waals surface area contributed by atoms with Crippen LogP contribution < -0.4 is 10.1 Å². The minimum Gasteiger partial charge on any atom is -0.504 e. The smallest absolute Gasteiger partial charge is 0.294 e. The predicted octanol–water partition coefficient (Wildman–Crippen LogP) is 4.42. The van der Waals surface area contributed by atoms with Gasteiger partial charge >= 0.3 is 0 Å². The maximum Gasteiger partial charge on any atom is 0.294 e. The molecular formula is C24H24N2O5S. The van der Waals surface area contributed by atoms with Crippen molar-refractivity contribution in [3.8, 4) is 11.5 Å². The Morgan fingerprint density at radius 3 is 2.69 bits per heavy atom. The fraction of sp³-hybridized carbons (Fsp3) is 0.208. The van der Waals surface area contributed by atoms with Gasteiger partial charge in [-0.2, -0.15) is 0 Å². The van der Waals surface area contributed by atoms with Crippen molar-refractivity contribution in [2.75, 3.05) is 19.0 Å². The number of hydrogen-bond donors (Lipinski definition) is 2. The predicted molar refractivity (Wildman–Crippen MR) is 126 cm³/mol. The number of ether oxygens (including phenoxy) is 1. The van der Waals surface area contributed by atoms with Gasteiger partial charge in [0.2, 0.25) is 5.91 Å². The molecule has 0 atom stereocenters. The second-order valence-corrected chi connectivity index (χ2v) is 8.35. The van der Waals surface area contributed by atoms with Crippen molar-refractivity contribution in [3.63, 3.8) is 0 Å². The SMILES string of the molecule is C=CCc1cc(/C=C2\SC(=O)N(CC(=O)Nc3cc(C)ccc3C)C2=O)cc(OC)c1O. The number of phenolic OH excluding ortho intramolecular Hbond substituents is 1. The summed E-state index contributed by atoms with van der Waals surface area (Å²) in [7, 11) is 1.43.